The lowest BCUT2D eigenvalue weighted by Crippen LogP contribution is -2.14. The molecule has 0 aliphatic heterocycles. The van der Waals surface area contributed by atoms with E-state index >= 15 is 0 Å². The van der Waals surface area contributed by atoms with Gasteiger partial charge in [-0.1, -0.05) is 18.2 Å². The maximum atomic E-state index is 12.7. The van der Waals surface area contributed by atoms with Gasteiger partial charge in [-0.3, -0.25) is 10.1 Å². The van der Waals surface area contributed by atoms with Gasteiger partial charge in [0.2, 0.25) is 0 Å². The van der Waals surface area contributed by atoms with Crippen molar-refractivity contribution >= 4 is 33.7 Å². The molecular weight excluding hydrogens is 380 g/mol. The number of anilines is 1. The first kappa shape index (κ1) is 17.4. The molecule has 4 rings (SSSR count). The largest absolute Gasteiger partial charge is 0.493 e. The highest BCUT2D eigenvalue weighted by Gasteiger charge is 2.20. The lowest BCUT2D eigenvalue weighted by Gasteiger charge is -2.01. The second-order valence-corrected chi connectivity index (χ2v) is 7.87. The molecule has 1 amide bonds. The Balaban J connectivity index is 1.56. The number of rotatable bonds is 5. The van der Waals surface area contributed by atoms with E-state index in [1.807, 2.05) is 41.8 Å². The van der Waals surface area contributed by atoms with Crippen LogP contribution in [0.5, 0.6) is 5.75 Å². The second kappa shape index (κ2) is 7.34. The Morgan fingerprint density at radius 3 is 2.70 bits per heavy atom. The van der Waals surface area contributed by atoms with Crippen LogP contribution in [-0.2, 0) is 0 Å². The molecule has 3 aromatic heterocycles. The third-order valence-corrected chi connectivity index (χ3v) is 5.63. The van der Waals surface area contributed by atoms with Gasteiger partial charge in [-0.05, 0) is 31.2 Å². The molecule has 4 aromatic rings. The minimum absolute atomic E-state index is 0.213. The SMILES string of the molecule is COc1cn(-c2ccccc2)nc1C(=O)Nc1nc(-c2ccc(C)s2)cs1. The quantitative estimate of drug-likeness (QED) is 0.534. The summed E-state index contributed by atoms with van der Waals surface area (Å²) < 4.78 is 6.94. The van der Waals surface area contributed by atoms with Gasteiger partial charge >= 0.3 is 0 Å². The number of hydrogen-bond donors (Lipinski definition) is 1. The third-order valence-electron chi connectivity index (χ3n) is 3.85. The Hall–Kier alpha value is -2.97. The van der Waals surface area contributed by atoms with E-state index in [0.717, 1.165) is 16.3 Å². The molecule has 1 aromatic carbocycles. The molecule has 27 heavy (non-hydrogen) atoms. The first-order chi connectivity index (χ1) is 13.1. The van der Waals surface area contributed by atoms with Crippen molar-refractivity contribution in [3.63, 3.8) is 0 Å². The zero-order valence-electron chi connectivity index (χ0n) is 14.7. The van der Waals surface area contributed by atoms with E-state index < -0.39 is 0 Å². The Bertz CT molecular complexity index is 1080. The molecule has 0 saturated carbocycles. The number of hydrogen-bond acceptors (Lipinski definition) is 6. The summed E-state index contributed by atoms with van der Waals surface area (Å²) >= 11 is 3.05. The predicted molar refractivity (Wildman–Crippen MR) is 108 cm³/mol. The number of methoxy groups -OCH3 is 1. The number of aryl methyl sites for hydroxylation is 1. The number of ether oxygens (including phenoxy) is 1. The number of nitrogens with zero attached hydrogens (tertiary/aromatic N) is 3. The Morgan fingerprint density at radius 1 is 1.19 bits per heavy atom. The van der Waals surface area contributed by atoms with E-state index in [9.17, 15) is 4.79 Å². The first-order valence-electron chi connectivity index (χ1n) is 8.17. The zero-order valence-corrected chi connectivity index (χ0v) is 16.3. The van der Waals surface area contributed by atoms with E-state index in [0.29, 0.717) is 10.9 Å². The second-order valence-electron chi connectivity index (χ2n) is 5.73. The molecule has 136 valence electrons. The molecule has 3 heterocycles. The van der Waals surface area contributed by atoms with Crippen molar-refractivity contribution in [1.82, 2.24) is 14.8 Å². The number of aromatic nitrogens is 3. The van der Waals surface area contributed by atoms with Crippen LogP contribution < -0.4 is 10.1 Å². The molecule has 0 bridgehead atoms. The topological polar surface area (TPSA) is 69.0 Å². The Labute approximate surface area is 164 Å². The molecule has 0 radical (unpaired) electrons. The molecule has 1 N–H and O–H groups in total. The van der Waals surface area contributed by atoms with Crippen molar-refractivity contribution in [2.75, 3.05) is 12.4 Å². The van der Waals surface area contributed by atoms with E-state index in [1.54, 1.807) is 22.2 Å². The van der Waals surface area contributed by atoms with Crippen molar-refractivity contribution in [1.29, 1.82) is 0 Å². The van der Waals surface area contributed by atoms with Crippen LogP contribution in [0.25, 0.3) is 16.3 Å². The third kappa shape index (κ3) is 3.62. The highest BCUT2D eigenvalue weighted by molar-refractivity contribution is 7.17. The maximum absolute atomic E-state index is 12.7. The summed E-state index contributed by atoms with van der Waals surface area (Å²) in [6, 6.07) is 13.6. The molecule has 0 spiro atoms. The fraction of sp³-hybridized carbons (Fsp3) is 0.105. The van der Waals surface area contributed by atoms with Gasteiger partial charge in [-0.2, -0.15) is 5.10 Å². The lowest BCUT2D eigenvalue weighted by molar-refractivity contribution is 0.101. The van der Waals surface area contributed by atoms with Crippen molar-refractivity contribution in [2.24, 2.45) is 0 Å². The van der Waals surface area contributed by atoms with Crippen LogP contribution >= 0.6 is 22.7 Å². The average Bonchev–Trinajstić information content (AvgIpc) is 3.41. The number of carbonyl (C=O) groups is 1. The van der Waals surface area contributed by atoms with Crippen molar-refractivity contribution in [2.45, 2.75) is 6.92 Å². The number of benzene rings is 1. The van der Waals surface area contributed by atoms with E-state index in [1.165, 1.54) is 23.3 Å². The van der Waals surface area contributed by atoms with Gasteiger partial charge in [0, 0.05) is 10.3 Å². The van der Waals surface area contributed by atoms with Crippen LogP contribution in [-0.4, -0.2) is 27.8 Å². The van der Waals surface area contributed by atoms with Gasteiger partial charge in [0.15, 0.2) is 16.6 Å². The van der Waals surface area contributed by atoms with Gasteiger partial charge in [-0.25, -0.2) is 9.67 Å². The minimum atomic E-state index is -0.357. The summed E-state index contributed by atoms with van der Waals surface area (Å²) in [5.41, 5.74) is 1.92. The lowest BCUT2D eigenvalue weighted by atomic mass is 10.3. The van der Waals surface area contributed by atoms with Crippen LogP contribution in [0.4, 0.5) is 5.13 Å². The van der Waals surface area contributed by atoms with E-state index in [-0.39, 0.29) is 11.6 Å². The van der Waals surface area contributed by atoms with Crippen LogP contribution in [0.2, 0.25) is 0 Å². The number of para-hydroxylation sites is 1. The fourth-order valence-corrected chi connectivity index (χ4v) is 4.16. The van der Waals surface area contributed by atoms with Gasteiger partial charge in [0.05, 0.1) is 29.6 Å². The predicted octanol–water partition coefficient (Wildman–Crippen LogP) is 4.63. The number of carbonyl (C=O) groups excluding carboxylic acids is 1. The van der Waals surface area contributed by atoms with Crippen molar-refractivity contribution < 1.29 is 9.53 Å². The van der Waals surface area contributed by atoms with Crippen LogP contribution in [0.15, 0.2) is 54.0 Å². The highest BCUT2D eigenvalue weighted by atomic mass is 32.1. The zero-order chi connectivity index (χ0) is 18.8. The number of amides is 1. The summed E-state index contributed by atoms with van der Waals surface area (Å²) in [6.07, 6.45) is 1.69. The molecule has 0 aliphatic carbocycles. The Morgan fingerprint density at radius 2 is 2.00 bits per heavy atom. The van der Waals surface area contributed by atoms with E-state index in [4.69, 9.17) is 4.74 Å². The standard InChI is InChI=1S/C19H16N4O2S2/c1-12-8-9-16(27-12)14-11-26-19(20-14)21-18(24)17-15(25-2)10-23(22-17)13-6-4-3-5-7-13/h3-11H,1-2H3,(H,20,21,24). The van der Waals surface area contributed by atoms with Crippen molar-refractivity contribution in [3.8, 4) is 22.0 Å². The van der Waals surface area contributed by atoms with Gasteiger partial charge in [-0.15, -0.1) is 22.7 Å². The highest BCUT2D eigenvalue weighted by Crippen LogP contribution is 2.31. The molecule has 0 fully saturated rings. The van der Waals surface area contributed by atoms with Gasteiger partial charge in [0.1, 0.15) is 0 Å². The fourth-order valence-electron chi connectivity index (χ4n) is 2.55. The summed E-state index contributed by atoms with van der Waals surface area (Å²) in [5, 5.41) is 9.64. The molecule has 0 unspecified atom stereocenters. The summed E-state index contributed by atoms with van der Waals surface area (Å²) in [7, 11) is 1.52. The molecule has 8 heteroatoms. The minimum Gasteiger partial charge on any atom is -0.493 e. The van der Waals surface area contributed by atoms with Gasteiger partial charge in [0.25, 0.3) is 5.91 Å². The smallest absolute Gasteiger partial charge is 0.281 e. The number of thiophene rings is 1. The molecule has 6 nitrogen and oxygen atoms in total. The van der Waals surface area contributed by atoms with Crippen LogP contribution in [0.1, 0.15) is 15.4 Å². The summed E-state index contributed by atoms with van der Waals surface area (Å²) in [5.74, 6) is 0.0480. The molecule has 0 aliphatic rings. The first-order valence-corrected chi connectivity index (χ1v) is 9.86. The monoisotopic (exact) mass is 396 g/mol. The van der Waals surface area contributed by atoms with Crippen LogP contribution in [0.3, 0.4) is 0 Å². The maximum Gasteiger partial charge on any atom is 0.281 e. The molecule has 0 atom stereocenters. The summed E-state index contributed by atoms with van der Waals surface area (Å²) in [4.78, 5) is 19.5. The summed E-state index contributed by atoms with van der Waals surface area (Å²) in [6.45, 7) is 2.05. The normalized spacial score (nSPS) is 10.7. The molecule has 0 saturated heterocycles. The Kier molecular flexibility index (Phi) is 4.74. The van der Waals surface area contributed by atoms with Crippen LogP contribution in [0, 0.1) is 6.92 Å². The number of thiazole rings is 1. The van der Waals surface area contributed by atoms with E-state index in [2.05, 4.69) is 28.4 Å². The average molecular weight is 396 g/mol. The number of nitrogens with one attached hydrogen (secondary N) is 1. The van der Waals surface area contributed by atoms with Gasteiger partial charge < -0.3 is 4.74 Å². The molecular formula is C19H16N4O2S2. The van der Waals surface area contributed by atoms with Crippen molar-refractivity contribution in [3.05, 3.63) is 64.6 Å².